The lowest BCUT2D eigenvalue weighted by Gasteiger charge is -2.19. The van der Waals surface area contributed by atoms with Gasteiger partial charge in [-0.3, -0.25) is 13.8 Å². The van der Waals surface area contributed by atoms with Crippen LogP contribution < -0.4 is 4.31 Å². The van der Waals surface area contributed by atoms with Gasteiger partial charge in [0.2, 0.25) is 0 Å². The maximum atomic E-state index is 12.9. The second-order valence-electron chi connectivity index (χ2n) is 6.21. The summed E-state index contributed by atoms with van der Waals surface area (Å²) in [5.74, 6) is -0.889. The fourth-order valence-electron chi connectivity index (χ4n) is 2.84. The predicted molar refractivity (Wildman–Crippen MR) is 94.7 cm³/mol. The van der Waals surface area contributed by atoms with Crippen molar-refractivity contribution in [2.45, 2.75) is 30.2 Å². The number of aromatic nitrogens is 2. The van der Waals surface area contributed by atoms with Crippen molar-refractivity contribution in [3.05, 3.63) is 42.2 Å². The van der Waals surface area contributed by atoms with Crippen molar-refractivity contribution in [2.75, 3.05) is 24.6 Å². The van der Waals surface area contributed by atoms with Crippen LogP contribution in [0.25, 0.3) is 0 Å². The summed E-state index contributed by atoms with van der Waals surface area (Å²) in [5, 5.41) is 13.0. The van der Waals surface area contributed by atoms with Crippen molar-refractivity contribution in [3.63, 3.8) is 0 Å². The molecule has 1 aromatic heterocycles. The van der Waals surface area contributed by atoms with Gasteiger partial charge in [-0.05, 0) is 30.5 Å². The molecule has 0 radical (unpaired) electrons. The highest BCUT2D eigenvalue weighted by Gasteiger charge is 2.26. The number of anilines is 1. The normalized spacial score (nSPS) is 17.3. The lowest BCUT2D eigenvalue weighted by atomic mass is 10.1. The van der Waals surface area contributed by atoms with Crippen molar-refractivity contribution >= 4 is 21.7 Å². The van der Waals surface area contributed by atoms with Gasteiger partial charge in [0.15, 0.2) is 0 Å². The Morgan fingerprint density at radius 1 is 1.46 bits per heavy atom. The minimum atomic E-state index is -3.76. The van der Waals surface area contributed by atoms with Crippen LogP contribution >= 0.6 is 0 Å². The maximum absolute atomic E-state index is 12.9. The van der Waals surface area contributed by atoms with E-state index in [-0.39, 0.29) is 17.4 Å². The molecule has 1 N–H and O–H groups in total. The molecule has 1 saturated heterocycles. The molecule has 1 fully saturated rings. The molecule has 0 bridgehead atoms. The van der Waals surface area contributed by atoms with Gasteiger partial charge >= 0.3 is 5.97 Å². The molecular weight excluding hydrogens is 358 g/mol. The third kappa shape index (κ3) is 3.88. The molecule has 3 rings (SSSR count). The molecule has 1 aromatic carbocycles. The molecule has 8 nitrogen and oxygen atoms in total. The van der Waals surface area contributed by atoms with E-state index in [0.29, 0.717) is 25.3 Å². The van der Waals surface area contributed by atoms with Gasteiger partial charge in [0.25, 0.3) is 10.0 Å². The van der Waals surface area contributed by atoms with Crippen LogP contribution in [-0.4, -0.2) is 49.5 Å². The Morgan fingerprint density at radius 2 is 2.27 bits per heavy atom. The van der Waals surface area contributed by atoms with Crippen LogP contribution in [0.15, 0.2) is 41.6 Å². The number of carboxylic acids is 1. The average Bonchev–Trinajstić information content (AvgIpc) is 3.30. The van der Waals surface area contributed by atoms with E-state index in [9.17, 15) is 13.2 Å². The minimum absolute atomic E-state index is 0.00382. The molecule has 2 heterocycles. The Hall–Kier alpha value is -2.39. The number of aryl methyl sites for hydroxylation is 1. The highest BCUT2D eigenvalue weighted by molar-refractivity contribution is 7.92. The smallest absolute Gasteiger partial charge is 0.303 e. The molecule has 1 aliphatic rings. The zero-order valence-electron chi connectivity index (χ0n) is 14.4. The van der Waals surface area contributed by atoms with Crippen molar-refractivity contribution in [3.8, 4) is 0 Å². The molecule has 140 valence electrons. The Bertz CT molecular complexity index is 887. The van der Waals surface area contributed by atoms with Gasteiger partial charge in [0.1, 0.15) is 4.90 Å². The number of hydrogen-bond donors (Lipinski definition) is 1. The quantitative estimate of drug-likeness (QED) is 0.785. The number of carboxylic acid groups (broad SMARTS) is 1. The highest BCUT2D eigenvalue weighted by Crippen LogP contribution is 2.25. The van der Waals surface area contributed by atoms with E-state index >= 15 is 0 Å². The van der Waals surface area contributed by atoms with Crippen LogP contribution in [0.3, 0.4) is 0 Å². The van der Waals surface area contributed by atoms with Crippen molar-refractivity contribution < 1.29 is 23.1 Å². The SMILES string of the molecule is CN(c1cccc(CCC(=O)O)c1)S(=O)(=O)c1cnn(C2CCOC2)c1. The van der Waals surface area contributed by atoms with E-state index in [0.717, 1.165) is 12.0 Å². The molecule has 0 aliphatic carbocycles. The largest absolute Gasteiger partial charge is 0.481 e. The first-order chi connectivity index (χ1) is 12.4. The van der Waals surface area contributed by atoms with E-state index in [1.165, 1.54) is 23.7 Å². The zero-order valence-corrected chi connectivity index (χ0v) is 15.2. The second-order valence-corrected chi connectivity index (χ2v) is 8.18. The number of sulfonamides is 1. The van der Waals surface area contributed by atoms with Crippen LogP contribution in [0, 0.1) is 0 Å². The third-order valence-electron chi connectivity index (χ3n) is 4.42. The topological polar surface area (TPSA) is 102 Å². The lowest BCUT2D eigenvalue weighted by Crippen LogP contribution is -2.26. The van der Waals surface area contributed by atoms with Crippen LogP contribution in [-0.2, 0) is 26.0 Å². The first-order valence-electron chi connectivity index (χ1n) is 8.29. The Morgan fingerprint density at radius 3 is 2.96 bits per heavy atom. The Kier molecular flexibility index (Phi) is 5.28. The van der Waals surface area contributed by atoms with Gasteiger partial charge in [0, 0.05) is 26.3 Å². The standard InChI is InChI=1S/C17H21N3O5S/c1-19(14-4-2-3-13(9-14)5-6-17(21)22)26(23,24)16-10-18-20(11-16)15-7-8-25-12-15/h2-4,9-11,15H,5-8,12H2,1H3,(H,21,22). The van der Waals surface area contributed by atoms with Gasteiger partial charge in [-0.25, -0.2) is 8.42 Å². The van der Waals surface area contributed by atoms with Crippen LogP contribution in [0.4, 0.5) is 5.69 Å². The predicted octanol–water partition coefficient (Wildman–Crippen LogP) is 1.69. The molecular formula is C17H21N3O5S. The highest BCUT2D eigenvalue weighted by atomic mass is 32.2. The lowest BCUT2D eigenvalue weighted by molar-refractivity contribution is -0.136. The van der Waals surface area contributed by atoms with Crippen LogP contribution in [0.5, 0.6) is 0 Å². The molecule has 1 unspecified atom stereocenters. The zero-order chi connectivity index (χ0) is 18.7. The fraction of sp³-hybridized carbons (Fsp3) is 0.412. The number of ether oxygens (including phenoxy) is 1. The van der Waals surface area contributed by atoms with Gasteiger partial charge in [-0.15, -0.1) is 0 Å². The molecule has 1 aliphatic heterocycles. The number of aliphatic carboxylic acids is 1. The summed E-state index contributed by atoms with van der Waals surface area (Å²) in [6, 6.07) is 6.93. The summed E-state index contributed by atoms with van der Waals surface area (Å²) in [6.07, 6.45) is 4.02. The summed E-state index contributed by atoms with van der Waals surface area (Å²) in [7, 11) is -2.28. The van der Waals surface area contributed by atoms with Crippen molar-refractivity contribution in [2.24, 2.45) is 0 Å². The van der Waals surface area contributed by atoms with Gasteiger partial charge in [-0.2, -0.15) is 5.10 Å². The minimum Gasteiger partial charge on any atom is -0.481 e. The first-order valence-corrected chi connectivity index (χ1v) is 9.73. The van der Waals surface area contributed by atoms with Gasteiger partial charge < -0.3 is 9.84 Å². The van der Waals surface area contributed by atoms with Crippen LogP contribution in [0.2, 0.25) is 0 Å². The molecule has 26 heavy (non-hydrogen) atoms. The molecule has 0 spiro atoms. The summed E-state index contributed by atoms with van der Waals surface area (Å²) in [6.45, 7) is 1.18. The van der Waals surface area contributed by atoms with Crippen LogP contribution in [0.1, 0.15) is 24.4 Å². The number of carbonyl (C=O) groups is 1. The number of nitrogens with zero attached hydrogens (tertiary/aromatic N) is 3. The van der Waals surface area contributed by atoms with E-state index in [1.54, 1.807) is 28.9 Å². The molecule has 0 saturated carbocycles. The maximum Gasteiger partial charge on any atom is 0.303 e. The average molecular weight is 379 g/mol. The summed E-state index contributed by atoms with van der Waals surface area (Å²) in [4.78, 5) is 10.8. The summed E-state index contributed by atoms with van der Waals surface area (Å²) >= 11 is 0. The van der Waals surface area contributed by atoms with Gasteiger partial charge in [0.05, 0.1) is 24.5 Å². The number of benzene rings is 1. The monoisotopic (exact) mass is 379 g/mol. The van der Waals surface area contributed by atoms with E-state index in [2.05, 4.69) is 5.10 Å². The summed E-state index contributed by atoms with van der Waals surface area (Å²) in [5.41, 5.74) is 1.25. The second kappa shape index (κ2) is 7.46. The fourth-order valence-corrected chi connectivity index (χ4v) is 3.97. The van der Waals surface area contributed by atoms with Crippen molar-refractivity contribution in [1.29, 1.82) is 0 Å². The van der Waals surface area contributed by atoms with E-state index < -0.39 is 16.0 Å². The molecule has 2 aromatic rings. The molecule has 1 atom stereocenters. The number of rotatable bonds is 7. The first kappa shape index (κ1) is 18.4. The van der Waals surface area contributed by atoms with Crippen molar-refractivity contribution in [1.82, 2.24) is 9.78 Å². The Labute approximate surface area is 152 Å². The van der Waals surface area contributed by atoms with E-state index in [4.69, 9.17) is 9.84 Å². The summed E-state index contributed by atoms with van der Waals surface area (Å²) < 4.78 is 33.9. The molecule has 0 amide bonds. The number of hydrogen-bond acceptors (Lipinski definition) is 5. The molecule has 9 heteroatoms. The van der Waals surface area contributed by atoms with Gasteiger partial charge in [-0.1, -0.05) is 12.1 Å². The van der Waals surface area contributed by atoms with E-state index in [1.807, 2.05) is 0 Å². The third-order valence-corrected chi connectivity index (χ3v) is 6.16. The Balaban J connectivity index is 1.80.